The lowest BCUT2D eigenvalue weighted by atomic mass is 9.91. The number of nitrogens with one attached hydrogen (secondary N) is 1. The highest BCUT2D eigenvalue weighted by atomic mass is 15.0. The van der Waals surface area contributed by atoms with Crippen LogP contribution in [0.25, 0.3) is 0 Å². The van der Waals surface area contributed by atoms with E-state index in [1.165, 1.54) is 5.56 Å². The van der Waals surface area contributed by atoms with Crippen molar-refractivity contribution in [1.82, 2.24) is 10.3 Å². The minimum atomic E-state index is -0.210. The number of aromatic nitrogens is 1. The maximum atomic E-state index is 4.51. The van der Waals surface area contributed by atoms with Gasteiger partial charge in [-0.2, -0.15) is 0 Å². The summed E-state index contributed by atoms with van der Waals surface area (Å²) in [6.07, 6.45) is 4.62. The van der Waals surface area contributed by atoms with E-state index < -0.39 is 0 Å². The van der Waals surface area contributed by atoms with E-state index in [1.807, 2.05) is 30.5 Å². The molecule has 2 atom stereocenters. The fourth-order valence-electron chi connectivity index (χ4n) is 2.52. The zero-order valence-corrected chi connectivity index (χ0v) is 12.2. The molecule has 0 aliphatic carbocycles. The number of pyridine rings is 1. The van der Waals surface area contributed by atoms with Crippen LogP contribution in [0.2, 0.25) is 0 Å². The Bertz CT molecular complexity index is 536. The summed E-state index contributed by atoms with van der Waals surface area (Å²) in [5.41, 5.74) is 2.11. The Balaban J connectivity index is 2.23. The standard InChI is InChI=1S/C18H22N2/c1-4-13-18(3,17-12-8-9-14-19-17)20-15(2)16-10-6-5-7-11-16/h4-12,14-15,20H,1,13H2,2-3H3/t15-,18+/m1/s1. The third kappa shape index (κ3) is 3.34. The molecule has 104 valence electrons. The second kappa shape index (κ2) is 6.49. The molecule has 2 rings (SSSR count). The molecule has 1 N–H and O–H groups in total. The summed E-state index contributed by atoms with van der Waals surface area (Å²) in [6, 6.07) is 16.7. The van der Waals surface area contributed by atoms with E-state index in [0.717, 1.165) is 12.1 Å². The number of hydrogen-bond acceptors (Lipinski definition) is 2. The molecule has 0 radical (unpaired) electrons. The molecule has 0 aliphatic rings. The third-order valence-corrected chi connectivity index (χ3v) is 3.62. The topological polar surface area (TPSA) is 24.9 Å². The van der Waals surface area contributed by atoms with Crippen LogP contribution in [-0.2, 0) is 5.54 Å². The lowest BCUT2D eigenvalue weighted by molar-refractivity contribution is 0.321. The van der Waals surface area contributed by atoms with Gasteiger partial charge in [0.05, 0.1) is 11.2 Å². The quantitative estimate of drug-likeness (QED) is 0.792. The van der Waals surface area contributed by atoms with Crippen LogP contribution >= 0.6 is 0 Å². The molecular formula is C18H22N2. The van der Waals surface area contributed by atoms with Crippen molar-refractivity contribution in [1.29, 1.82) is 0 Å². The Hall–Kier alpha value is -1.93. The van der Waals surface area contributed by atoms with Crippen molar-refractivity contribution in [3.63, 3.8) is 0 Å². The number of hydrogen-bond donors (Lipinski definition) is 1. The van der Waals surface area contributed by atoms with Gasteiger partial charge in [0, 0.05) is 12.2 Å². The fourth-order valence-corrected chi connectivity index (χ4v) is 2.52. The summed E-state index contributed by atoms with van der Waals surface area (Å²) >= 11 is 0. The Labute approximate surface area is 121 Å². The van der Waals surface area contributed by atoms with Gasteiger partial charge in [0.15, 0.2) is 0 Å². The Kier molecular flexibility index (Phi) is 4.70. The minimum Gasteiger partial charge on any atom is -0.299 e. The van der Waals surface area contributed by atoms with Crippen LogP contribution in [0.3, 0.4) is 0 Å². The first-order chi connectivity index (χ1) is 9.65. The van der Waals surface area contributed by atoms with Crippen LogP contribution < -0.4 is 5.32 Å². The molecule has 0 spiro atoms. The highest BCUT2D eigenvalue weighted by Gasteiger charge is 2.28. The van der Waals surface area contributed by atoms with Gasteiger partial charge in [0.25, 0.3) is 0 Å². The number of nitrogens with zero attached hydrogens (tertiary/aromatic N) is 1. The number of benzene rings is 1. The second-order valence-electron chi connectivity index (χ2n) is 5.32. The van der Waals surface area contributed by atoms with Crippen LogP contribution in [-0.4, -0.2) is 4.98 Å². The zero-order chi connectivity index (χ0) is 14.4. The van der Waals surface area contributed by atoms with Crippen molar-refractivity contribution >= 4 is 0 Å². The summed E-state index contributed by atoms with van der Waals surface area (Å²) in [4.78, 5) is 4.51. The molecule has 1 heterocycles. The molecule has 0 saturated carbocycles. The minimum absolute atomic E-state index is 0.210. The molecule has 20 heavy (non-hydrogen) atoms. The van der Waals surface area contributed by atoms with E-state index >= 15 is 0 Å². The van der Waals surface area contributed by atoms with Gasteiger partial charge >= 0.3 is 0 Å². The van der Waals surface area contributed by atoms with Gasteiger partial charge in [-0.05, 0) is 38.0 Å². The molecule has 0 amide bonds. The molecular weight excluding hydrogens is 244 g/mol. The Morgan fingerprint density at radius 3 is 2.50 bits per heavy atom. The van der Waals surface area contributed by atoms with Gasteiger partial charge in [0.1, 0.15) is 0 Å². The van der Waals surface area contributed by atoms with Crippen LogP contribution in [0.5, 0.6) is 0 Å². The first-order valence-corrected chi connectivity index (χ1v) is 7.01. The van der Waals surface area contributed by atoms with E-state index in [9.17, 15) is 0 Å². The maximum absolute atomic E-state index is 4.51. The van der Waals surface area contributed by atoms with Crippen molar-refractivity contribution in [2.75, 3.05) is 0 Å². The first-order valence-electron chi connectivity index (χ1n) is 7.01. The largest absolute Gasteiger partial charge is 0.299 e. The van der Waals surface area contributed by atoms with E-state index in [-0.39, 0.29) is 11.6 Å². The van der Waals surface area contributed by atoms with E-state index in [1.54, 1.807) is 0 Å². The summed E-state index contributed by atoms with van der Waals surface area (Å²) in [5, 5.41) is 3.69. The Morgan fingerprint density at radius 2 is 1.90 bits per heavy atom. The summed E-state index contributed by atoms with van der Waals surface area (Å²) in [7, 11) is 0. The molecule has 1 aromatic carbocycles. The molecule has 2 aromatic rings. The van der Waals surface area contributed by atoms with Gasteiger partial charge < -0.3 is 0 Å². The normalized spacial score (nSPS) is 15.3. The smallest absolute Gasteiger partial charge is 0.0619 e. The fraction of sp³-hybridized carbons (Fsp3) is 0.278. The van der Waals surface area contributed by atoms with Gasteiger partial charge in [0.2, 0.25) is 0 Å². The molecule has 2 nitrogen and oxygen atoms in total. The summed E-state index contributed by atoms with van der Waals surface area (Å²) in [6.45, 7) is 8.24. The second-order valence-corrected chi connectivity index (χ2v) is 5.32. The van der Waals surface area contributed by atoms with Crippen molar-refractivity contribution in [2.45, 2.75) is 31.8 Å². The van der Waals surface area contributed by atoms with Crippen molar-refractivity contribution < 1.29 is 0 Å². The van der Waals surface area contributed by atoms with Gasteiger partial charge in [-0.15, -0.1) is 6.58 Å². The van der Waals surface area contributed by atoms with Gasteiger partial charge in [-0.3, -0.25) is 10.3 Å². The van der Waals surface area contributed by atoms with Crippen molar-refractivity contribution in [3.05, 3.63) is 78.6 Å². The lowest BCUT2D eigenvalue weighted by Gasteiger charge is -2.33. The van der Waals surface area contributed by atoms with Crippen LogP contribution in [0.15, 0.2) is 67.4 Å². The SMILES string of the molecule is C=CC[C@](C)(N[C@H](C)c1ccccc1)c1ccccn1. The van der Waals surface area contributed by atoms with E-state index in [4.69, 9.17) is 0 Å². The van der Waals surface area contributed by atoms with Crippen LogP contribution in [0.1, 0.15) is 37.6 Å². The van der Waals surface area contributed by atoms with Crippen molar-refractivity contribution in [2.24, 2.45) is 0 Å². The highest BCUT2D eigenvalue weighted by molar-refractivity contribution is 5.22. The van der Waals surface area contributed by atoms with Crippen LogP contribution in [0.4, 0.5) is 0 Å². The third-order valence-electron chi connectivity index (χ3n) is 3.62. The molecule has 0 fully saturated rings. The van der Waals surface area contributed by atoms with Crippen LogP contribution in [0, 0.1) is 0 Å². The predicted molar refractivity (Wildman–Crippen MR) is 84.4 cm³/mol. The average molecular weight is 266 g/mol. The summed E-state index contributed by atoms with van der Waals surface area (Å²) in [5.74, 6) is 0. The lowest BCUT2D eigenvalue weighted by Crippen LogP contribution is -2.41. The molecule has 0 unspecified atom stereocenters. The highest BCUT2D eigenvalue weighted by Crippen LogP contribution is 2.27. The first kappa shape index (κ1) is 14.5. The molecule has 0 saturated heterocycles. The maximum Gasteiger partial charge on any atom is 0.0619 e. The predicted octanol–water partition coefficient (Wildman–Crippen LogP) is 4.22. The molecule has 0 bridgehead atoms. The molecule has 0 aliphatic heterocycles. The molecule has 1 aromatic heterocycles. The van der Waals surface area contributed by atoms with Gasteiger partial charge in [-0.25, -0.2) is 0 Å². The Morgan fingerprint density at radius 1 is 1.20 bits per heavy atom. The van der Waals surface area contributed by atoms with E-state index in [0.29, 0.717) is 0 Å². The summed E-state index contributed by atoms with van der Waals surface area (Å²) < 4.78 is 0. The molecule has 2 heteroatoms. The number of rotatable bonds is 6. The average Bonchev–Trinajstić information content (AvgIpc) is 2.49. The van der Waals surface area contributed by atoms with Crippen molar-refractivity contribution in [3.8, 4) is 0 Å². The van der Waals surface area contributed by atoms with E-state index in [2.05, 4.69) is 61.1 Å². The van der Waals surface area contributed by atoms with Gasteiger partial charge in [-0.1, -0.05) is 42.5 Å². The monoisotopic (exact) mass is 266 g/mol. The zero-order valence-electron chi connectivity index (χ0n) is 12.2.